The summed E-state index contributed by atoms with van der Waals surface area (Å²) in [5, 5.41) is 0.995. The molecule has 0 spiro atoms. The van der Waals surface area contributed by atoms with Crippen molar-refractivity contribution in [3.63, 3.8) is 0 Å². The van der Waals surface area contributed by atoms with E-state index in [2.05, 4.69) is 0 Å². The summed E-state index contributed by atoms with van der Waals surface area (Å²) in [7, 11) is 0. The molecular formula is C14H16ClNO2. The highest BCUT2D eigenvalue weighted by Crippen LogP contribution is 2.20. The summed E-state index contributed by atoms with van der Waals surface area (Å²) >= 11 is 5.81. The van der Waals surface area contributed by atoms with Gasteiger partial charge < -0.3 is 4.74 Å². The smallest absolute Gasteiger partial charge is 0.418 e. The molecule has 0 fully saturated rings. The van der Waals surface area contributed by atoms with Gasteiger partial charge in [-0.2, -0.15) is 0 Å². The van der Waals surface area contributed by atoms with E-state index in [9.17, 15) is 4.79 Å². The minimum Gasteiger partial charge on any atom is -0.443 e. The van der Waals surface area contributed by atoms with Gasteiger partial charge >= 0.3 is 6.09 Å². The molecule has 0 saturated heterocycles. The lowest BCUT2D eigenvalue weighted by Gasteiger charge is -2.19. The molecular weight excluding hydrogens is 250 g/mol. The van der Waals surface area contributed by atoms with E-state index in [1.807, 2.05) is 45.0 Å². The van der Waals surface area contributed by atoms with E-state index in [1.165, 1.54) is 4.57 Å². The number of fused-ring (bicyclic) bond motifs is 1. The Bertz CT molecular complexity index is 581. The molecule has 96 valence electrons. The molecule has 0 unspecified atom stereocenters. The van der Waals surface area contributed by atoms with Crippen molar-refractivity contribution in [2.45, 2.75) is 32.3 Å². The number of benzene rings is 1. The van der Waals surface area contributed by atoms with Crippen molar-refractivity contribution in [3.8, 4) is 0 Å². The number of rotatable bonds is 1. The summed E-state index contributed by atoms with van der Waals surface area (Å²) in [6.07, 6.45) is 1.35. The molecule has 2 aromatic rings. The zero-order valence-corrected chi connectivity index (χ0v) is 11.5. The normalized spacial score (nSPS) is 11.8. The zero-order chi connectivity index (χ0) is 13.3. The van der Waals surface area contributed by atoms with Gasteiger partial charge in [-0.05, 0) is 38.5 Å². The van der Waals surface area contributed by atoms with Crippen molar-refractivity contribution in [3.05, 3.63) is 36.0 Å². The van der Waals surface area contributed by atoms with Gasteiger partial charge in [-0.3, -0.25) is 4.57 Å². The van der Waals surface area contributed by atoms with Gasteiger partial charge in [-0.15, -0.1) is 11.6 Å². The first-order valence-corrected chi connectivity index (χ1v) is 6.33. The molecule has 1 aromatic carbocycles. The number of aromatic nitrogens is 1. The second-order valence-corrected chi connectivity index (χ2v) is 5.46. The Kier molecular flexibility index (Phi) is 3.35. The molecule has 0 atom stereocenters. The van der Waals surface area contributed by atoms with Crippen LogP contribution in [0.4, 0.5) is 4.79 Å². The summed E-state index contributed by atoms with van der Waals surface area (Å²) in [6, 6.07) is 7.70. The summed E-state index contributed by atoms with van der Waals surface area (Å²) in [4.78, 5) is 12.0. The standard InChI is InChI=1S/C14H16ClNO2/c1-14(2,3)18-13(17)16-7-6-11-5-4-10(9-15)8-12(11)16/h4-8H,9H2,1-3H3. The average molecular weight is 266 g/mol. The number of hydrogen-bond acceptors (Lipinski definition) is 2. The first-order valence-electron chi connectivity index (χ1n) is 5.80. The van der Waals surface area contributed by atoms with Gasteiger partial charge in [0, 0.05) is 17.5 Å². The molecule has 4 heteroatoms. The second-order valence-electron chi connectivity index (χ2n) is 5.19. The zero-order valence-electron chi connectivity index (χ0n) is 10.7. The summed E-state index contributed by atoms with van der Waals surface area (Å²) in [5.41, 5.74) is 1.30. The van der Waals surface area contributed by atoms with Gasteiger partial charge in [0.2, 0.25) is 0 Å². The first-order chi connectivity index (χ1) is 8.40. The number of carbonyl (C=O) groups excluding carboxylic acids is 1. The summed E-state index contributed by atoms with van der Waals surface area (Å²) in [6.45, 7) is 5.54. The summed E-state index contributed by atoms with van der Waals surface area (Å²) in [5.74, 6) is 0.426. The van der Waals surface area contributed by atoms with Gasteiger partial charge in [0.05, 0.1) is 5.52 Å². The Hall–Kier alpha value is -1.48. The van der Waals surface area contributed by atoms with E-state index >= 15 is 0 Å². The molecule has 0 amide bonds. The number of nitrogens with zero attached hydrogens (tertiary/aromatic N) is 1. The monoisotopic (exact) mass is 265 g/mol. The lowest BCUT2D eigenvalue weighted by atomic mass is 10.2. The van der Waals surface area contributed by atoms with Gasteiger partial charge in [0.25, 0.3) is 0 Å². The van der Waals surface area contributed by atoms with Crippen LogP contribution in [0.15, 0.2) is 30.5 Å². The molecule has 0 bridgehead atoms. The third kappa shape index (κ3) is 2.67. The Morgan fingerprint density at radius 1 is 1.33 bits per heavy atom. The third-order valence-corrected chi connectivity index (χ3v) is 2.81. The fraction of sp³-hybridized carbons (Fsp3) is 0.357. The highest BCUT2D eigenvalue weighted by Gasteiger charge is 2.18. The fourth-order valence-electron chi connectivity index (χ4n) is 1.73. The molecule has 0 radical (unpaired) electrons. The van der Waals surface area contributed by atoms with Crippen LogP contribution < -0.4 is 0 Å². The second kappa shape index (κ2) is 4.65. The van der Waals surface area contributed by atoms with Crippen molar-refractivity contribution >= 4 is 28.6 Å². The summed E-state index contributed by atoms with van der Waals surface area (Å²) < 4.78 is 6.87. The van der Waals surface area contributed by atoms with Gasteiger partial charge in [-0.25, -0.2) is 4.79 Å². The largest absolute Gasteiger partial charge is 0.443 e. The molecule has 0 aliphatic rings. The van der Waals surface area contributed by atoms with E-state index < -0.39 is 5.60 Å². The van der Waals surface area contributed by atoms with E-state index in [1.54, 1.807) is 6.20 Å². The predicted molar refractivity (Wildman–Crippen MR) is 73.1 cm³/mol. The van der Waals surface area contributed by atoms with Crippen LogP contribution in [0.5, 0.6) is 0 Å². The molecule has 3 nitrogen and oxygen atoms in total. The topological polar surface area (TPSA) is 31.2 Å². The van der Waals surface area contributed by atoms with Crippen LogP contribution >= 0.6 is 11.6 Å². The van der Waals surface area contributed by atoms with Gasteiger partial charge in [0.15, 0.2) is 0 Å². The van der Waals surface area contributed by atoms with Crippen molar-refractivity contribution in [2.75, 3.05) is 0 Å². The number of halogens is 1. The van der Waals surface area contributed by atoms with Crippen LogP contribution in [0.1, 0.15) is 26.3 Å². The number of carbonyl (C=O) groups is 1. The quantitative estimate of drug-likeness (QED) is 0.725. The molecule has 0 saturated carbocycles. The molecule has 0 aliphatic carbocycles. The van der Waals surface area contributed by atoms with Gasteiger partial charge in [-0.1, -0.05) is 12.1 Å². The SMILES string of the molecule is CC(C)(C)OC(=O)n1ccc2ccc(CCl)cc21. The minimum atomic E-state index is -0.502. The lowest BCUT2D eigenvalue weighted by molar-refractivity contribution is 0.0544. The molecule has 0 N–H and O–H groups in total. The number of hydrogen-bond donors (Lipinski definition) is 0. The number of ether oxygens (including phenoxy) is 1. The maximum atomic E-state index is 12.0. The Morgan fingerprint density at radius 2 is 2.06 bits per heavy atom. The minimum absolute atomic E-state index is 0.371. The van der Waals surface area contributed by atoms with E-state index in [4.69, 9.17) is 16.3 Å². The van der Waals surface area contributed by atoms with E-state index in [0.29, 0.717) is 5.88 Å². The van der Waals surface area contributed by atoms with Crippen molar-refractivity contribution in [1.29, 1.82) is 0 Å². The predicted octanol–water partition coefficient (Wildman–Crippen LogP) is 4.16. The first kappa shape index (κ1) is 13.0. The van der Waals surface area contributed by atoms with Crippen LogP contribution in [0.2, 0.25) is 0 Å². The van der Waals surface area contributed by atoms with E-state index in [0.717, 1.165) is 16.5 Å². The average Bonchev–Trinajstić information content (AvgIpc) is 2.69. The third-order valence-electron chi connectivity index (χ3n) is 2.50. The number of alkyl halides is 1. The van der Waals surface area contributed by atoms with Crippen LogP contribution in [0, 0.1) is 0 Å². The van der Waals surface area contributed by atoms with E-state index in [-0.39, 0.29) is 6.09 Å². The maximum absolute atomic E-state index is 12.0. The van der Waals surface area contributed by atoms with Crippen molar-refractivity contribution in [2.24, 2.45) is 0 Å². The van der Waals surface area contributed by atoms with Gasteiger partial charge in [0.1, 0.15) is 5.60 Å². The highest BCUT2D eigenvalue weighted by molar-refractivity contribution is 6.17. The Morgan fingerprint density at radius 3 is 2.67 bits per heavy atom. The lowest BCUT2D eigenvalue weighted by Crippen LogP contribution is -2.26. The maximum Gasteiger partial charge on any atom is 0.418 e. The highest BCUT2D eigenvalue weighted by atomic mass is 35.5. The molecule has 2 rings (SSSR count). The van der Waals surface area contributed by atoms with Crippen LogP contribution in [0.25, 0.3) is 10.9 Å². The molecule has 1 heterocycles. The Balaban J connectivity index is 2.42. The fourth-order valence-corrected chi connectivity index (χ4v) is 1.89. The molecule has 0 aliphatic heterocycles. The molecule has 18 heavy (non-hydrogen) atoms. The Labute approximate surface area is 111 Å². The van der Waals surface area contributed by atoms with Crippen molar-refractivity contribution in [1.82, 2.24) is 4.57 Å². The van der Waals surface area contributed by atoms with Crippen LogP contribution in [0.3, 0.4) is 0 Å². The van der Waals surface area contributed by atoms with Crippen LogP contribution in [-0.4, -0.2) is 16.3 Å². The molecule has 1 aromatic heterocycles. The van der Waals surface area contributed by atoms with Crippen molar-refractivity contribution < 1.29 is 9.53 Å². The van der Waals surface area contributed by atoms with Crippen LogP contribution in [-0.2, 0) is 10.6 Å².